The van der Waals surface area contributed by atoms with E-state index in [4.69, 9.17) is 4.74 Å². The second kappa shape index (κ2) is 5.79. The van der Waals surface area contributed by atoms with Crippen molar-refractivity contribution < 1.29 is 28.3 Å². The van der Waals surface area contributed by atoms with E-state index in [2.05, 4.69) is 0 Å². The van der Waals surface area contributed by atoms with Crippen molar-refractivity contribution in [1.29, 1.82) is 0 Å². The van der Waals surface area contributed by atoms with Crippen LogP contribution in [0.5, 0.6) is 0 Å². The molecule has 0 aromatic heterocycles. The fourth-order valence-corrected chi connectivity index (χ4v) is 3.01. The molecule has 2 aliphatic rings. The van der Waals surface area contributed by atoms with Crippen molar-refractivity contribution in [3.63, 3.8) is 0 Å². The molecule has 7 nitrogen and oxygen atoms in total. The average Bonchev–Trinajstić information content (AvgIpc) is 2.78. The van der Waals surface area contributed by atoms with Crippen molar-refractivity contribution in [3.8, 4) is 0 Å². The van der Waals surface area contributed by atoms with Gasteiger partial charge in [-0.3, -0.25) is 29.0 Å². The number of likely N-dealkylation sites (N-methyl/N-ethyl adjacent to an activating group) is 1. The molecule has 0 spiro atoms. The largest absolute Gasteiger partial charge is 0.380 e. The molecule has 0 saturated carbocycles. The van der Waals surface area contributed by atoms with Crippen molar-refractivity contribution in [2.45, 2.75) is 25.5 Å². The van der Waals surface area contributed by atoms with Crippen molar-refractivity contribution in [1.82, 2.24) is 9.80 Å². The van der Waals surface area contributed by atoms with Crippen LogP contribution in [0.15, 0.2) is 12.1 Å². The van der Waals surface area contributed by atoms with Gasteiger partial charge in [-0.25, -0.2) is 4.39 Å². The third kappa shape index (κ3) is 2.30. The number of carbonyl (C=O) groups is 4. The maximum Gasteiger partial charge on any atom is 0.262 e. The zero-order valence-electron chi connectivity index (χ0n) is 13.2. The Labute approximate surface area is 137 Å². The van der Waals surface area contributed by atoms with Crippen LogP contribution in [-0.2, 0) is 20.9 Å². The topological polar surface area (TPSA) is 84.0 Å². The lowest BCUT2D eigenvalue weighted by Gasteiger charge is -2.32. The van der Waals surface area contributed by atoms with Gasteiger partial charge in [0.15, 0.2) is 0 Å². The lowest BCUT2D eigenvalue weighted by molar-refractivity contribution is -0.149. The molecule has 1 unspecified atom stereocenters. The highest BCUT2D eigenvalue weighted by atomic mass is 19.1. The number of piperidine rings is 1. The molecule has 0 aliphatic carbocycles. The molecule has 0 bridgehead atoms. The van der Waals surface area contributed by atoms with Gasteiger partial charge in [-0.05, 0) is 18.6 Å². The number of rotatable bonds is 3. The van der Waals surface area contributed by atoms with E-state index in [1.165, 1.54) is 20.2 Å². The second-order valence-corrected chi connectivity index (χ2v) is 5.75. The number of likely N-dealkylation sites (tertiary alicyclic amines) is 1. The summed E-state index contributed by atoms with van der Waals surface area (Å²) in [4.78, 5) is 50.7. The summed E-state index contributed by atoms with van der Waals surface area (Å²) in [5.41, 5.74) is 0.118. The fraction of sp³-hybridized carbons (Fsp3) is 0.375. The predicted molar refractivity (Wildman–Crippen MR) is 78.4 cm³/mol. The summed E-state index contributed by atoms with van der Waals surface area (Å²) in [5.74, 6) is -3.01. The maximum atomic E-state index is 14.0. The van der Waals surface area contributed by atoms with Gasteiger partial charge in [0.25, 0.3) is 17.7 Å². The van der Waals surface area contributed by atoms with Gasteiger partial charge in [0, 0.05) is 26.1 Å². The maximum absolute atomic E-state index is 14.0. The summed E-state index contributed by atoms with van der Waals surface area (Å²) < 4.78 is 18.9. The van der Waals surface area contributed by atoms with Crippen LogP contribution in [0.3, 0.4) is 0 Å². The van der Waals surface area contributed by atoms with Gasteiger partial charge in [0.2, 0.25) is 5.91 Å². The molecule has 0 radical (unpaired) electrons. The van der Waals surface area contributed by atoms with E-state index in [0.29, 0.717) is 0 Å². The van der Waals surface area contributed by atoms with Gasteiger partial charge in [0.1, 0.15) is 11.9 Å². The molecule has 1 fully saturated rings. The third-order valence-corrected chi connectivity index (χ3v) is 4.32. The van der Waals surface area contributed by atoms with E-state index in [-0.39, 0.29) is 42.0 Å². The fourth-order valence-electron chi connectivity index (χ4n) is 3.01. The highest BCUT2D eigenvalue weighted by Crippen LogP contribution is 2.30. The van der Waals surface area contributed by atoms with E-state index >= 15 is 0 Å². The predicted octanol–water partition coefficient (Wildman–Crippen LogP) is 0.716. The van der Waals surface area contributed by atoms with Gasteiger partial charge in [-0.15, -0.1) is 0 Å². The number of methoxy groups -OCH3 is 1. The Morgan fingerprint density at radius 1 is 1.17 bits per heavy atom. The van der Waals surface area contributed by atoms with Gasteiger partial charge < -0.3 is 4.74 Å². The number of benzene rings is 1. The first kappa shape index (κ1) is 16.3. The second-order valence-electron chi connectivity index (χ2n) is 5.75. The summed E-state index contributed by atoms with van der Waals surface area (Å²) in [6.45, 7) is -0.0415. The summed E-state index contributed by atoms with van der Waals surface area (Å²) >= 11 is 0. The normalized spacial score (nSPS) is 20.9. The highest BCUT2D eigenvalue weighted by molar-refractivity contribution is 6.23. The molecule has 2 aliphatic heterocycles. The first-order valence-electron chi connectivity index (χ1n) is 7.36. The SMILES string of the molecule is COCc1cc2c(cc1F)C(=O)N(C1CCC(=O)N(C)C1=O)C2=O. The van der Waals surface area contributed by atoms with E-state index in [1.807, 2.05) is 0 Å². The lowest BCUT2D eigenvalue weighted by atomic mass is 10.0. The zero-order valence-corrected chi connectivity index (χ0v) is 13.2. The van der Waals surface area contributed by atoms with Crippen LogP contribution in [0.4, 0.5) is 4.39 Å². The summed E-state index contributed by atoms with van der Waals surface area (Å²) in [6, 6.07) is 1.22. The Morgan fingerprint density at radius 2 is 1.79 bits per heavy atom. The minimum absolute atomic E-state index is 0.0415. The number of ether oxygens (including phenoxy) is 1. The van der Waals surface area contributed by atoms with Crippen LogP contribution in [0.2, 0.25) is 0 Å². The van der Waals surface area contributed by atoms with Crippen LogP contribution >= 0.6 is 0 Å². The molecule has 2 heterocycles. The van der Waals surface area contributed by atoms with Crippen LogP contribution in [0, 0.1) is 5.82 Å². The molecule has 1 aromatic carbocycles. The van der Waals surface area contributed by atoms with E-state index in [9.17, 15) is 23.6 Å². The molecule has 1 atom stereocenters. The van der Waals surface area contributed by atoms with Crippen molar-refractivity contribution in [2.75, 3.05) is 14.2 Å². The number of amides is 4. The molecule has 126 valence electrons. The molecule has 8 heteroatoms. The Kier molecular flexibility index (Phi) is 3.92. The van der Waals surface area contributed by atoms with Crippen molar-refractivity contribution >= 4 is 23.6 Å². The Balaban J connectivity index is 1.98. The quantitative estimate of drug-likeness (QED) is 0.761. The molecule has 3 rings (SSSR count). The first-order valence-corrected chi connectivity index (χ1v) is 7.36. The van der Waals surface area contributed by atoms with Gasteiger partial charge in [-0.1, -0.05) is 0 Å². The highest BCUT2D eigenvalue weighted by Gasteiger charge is 2.46. The smallest absolute Gasteiger partial charge is 0.262 e. The molecule has 4 amide bonds. The molecule has 1 aromatic rings. The van der Waals surface area contributed by atoms with Crippen LogP contribution < -0.4 is 0 Å². The van der Waals surface area contributed by atoms with Crippen molar-refractivity contribution in [2.24, 2.45) is 0 Å². The first-order chi connectivity index (χ1) is 11.4. The number of hydrogen-bond donors (Lipinski definition) is 0. The van der Waals surface area contributed by atoms with Crippen molar-refractivity contribution in [3.05, 3.63) is 34.6 Å². The standard InChI is InChI=1S/C16H15FN2O5/c1-18-13(20)4-3-12(16(18)23)19-14(21)9-5-8(7-24-2)11(17)6-10(9)15(19)22/h5-6,12H,3-4,7H2,1-2H3. The van der Waals surface area contributed by atoms with E-state index < -0.39 is 29.6 Å². The number of fused-ring (bicyclic) bond motifs is 1. The number of imide groups is 2. The Bertz CT molecular complexity index is 776. The Hall–Kier alpha value is -2.61. The minimum atomic E-state index is -1.05. The molecule has 0 N–H and O–H groups in total. The summed E-state index contributed by atoms with van der Waals surface area (Å²) in [7, 11) is 2.70. The van der Waals surface area contributed by atoms with Crippen LogP contribution in [0.25, 0.3) is 0 Å². The van der Waals surface area contributed by atoms with E-state index in [1.54, 1.807) is 0 Å². The van der Waals surface area contributed by atoms with Gasteiger partial charge in [0.05, 0.1) is 17.7 Å². The summed E-state index contributed by atoms with van der Waals surface area (Å²) in [5, 5.41) is 0. The van der Waals surface area contributed by atoms with Crippen LogP contribution in [0.1, 0.15) is 39.1 Å². The monoisotopic (exact) mass is 334 g/mol. The zero-order chi connectivity index (χ0) is 17.6. The average molecular weight is 334 g/mol. The third-order valence-electron chi connectivity index (χ3n) is 4.32. The number of halogens is 1. The van der Waals surface area contributed by atoms with E-state index in [0.717, 1.165) is 15.9 Å². The molecule has 1 saturated heterocycles. The molecular weight excluding hydrogens is 319 g/mol. The molecule has 24 heavy (non-hydrogen) atoms. The number of hydrogen-bond acceptors (Lipinski definition) is 5. The van der Waals surface area contributed by atoms with Gasteiger partial charge in [-0.2, -0.15) is 0 Å². The number of nitrogens with zero attached hydrogens (tertiary/aromatic N) is 2. The Morgan fingerprint density at radius 3 is 2.42 bits per heavy atom. The number of carbonyl (C=O) groups excluding carboxylic acids is 4. The van der Waals surface area contributed by atoms with Gasteiger partial charge >= 0.3 is 0 Å². The molecular formula is C16H15FN2O5. The lowest BCUT2D eigenvalue weighted by Crippen LogP contribution is -2.54. The van der Waals surface area contributed by atoms with Crippen LogP contribution in [-0.4, -0.2) is 53.6 Å². The summed E-state index contributed by atoms with van der Waals surface area (Å²) in [6.07, 6.45) is 0.129. The minimum Gasteiger partial charge on any atom is -0.380 e.